The van der Waals surface area contributed by atoms with Crippen LogP contribution in [0, 0.1) is 0 Å². The number of aromatic nitrogens is 1. The molecule has 1 aromatic heterocycles. The van der Waals surface area contributed by atoms with E-state index in [1.165, 1.54) is 15.9 Å². The Bertz CT molecular complexity index is 1120. The minimum absolute atomic E-state index is 0.0107. The predicted molar refractivity (Wildman–Crippen MR) is 136 cm³/mol. The molecule has 1 saturated heterocycles. The minimum atomic E-state index is -1.11. The van der Waals surface area contributed by atoms with Gasteiger partial charge >= 0.3 is 12.1 Å². The molecule has 204 valence electrons. The van der Waals surface area contributed by atoms with Crippen LogP contribution in [0.1, 0.15) is 30.3 Å². The van der Waals surface area contributed by atoms with Crippen LogP contribution in [0.15, 0.2) is 42.5 Å². The van der Waals surface area contributed by atoms with Crippen molar-refractivity contribution in [2.45, 2.75) is 25.8 Å². The van der Waals surface area contributed by atoms with Gasteiger partial charge in [-0.3, -0.25) is 14.4 Å². The van der Waals surface area contributed by atoms with Gasteiger partial charge in [-0.1, -0.05) is 30.3 Å². The lowest BCUT2D eigenvalue weighted by Crippen LogP contribution is -2.56. The lowest BCUT2D eigenvalue weighted by atomic mass is 10.1. The lowest BCUT2D eigenvalue weighted by Gasteiger charge is -2.35. The van der Waals surface area contributed by atoms with Crippen molar-refractivity contribution < 1.29 is 38.9 Å². The molecule has 3 N–H and O–H groups in total. The number of piperazine rings is 1. The predicted octanol–water partition coefficient (Wildman–Crippen LogP) is 1.38. The number of nitrogens with one attached hydrogen (secondary N) is 1. The molecule has 0 radical (unpaired) electrons. The van der Waals surface area contributed by atoms with Gasteiger partial charge in [0.15, 0.2) is 0 Å². The second-order valence-corrected chi connectivity index (χ2v) is 8.48. The second-order valence-electron chi connectivity index (χ2n) is 8.48. The number of nitrogens with zero attached hydrogens (tertiary/aromatic N) is 3. The van der Waals surface area contributed by atoms with Gasteiger partial charge in [0.05, 0.1) is 18.9 Å². The van der Waals surface area contributed by atoms with Gasteiger partial charge in [-0.15, -0.1) is 0 Å². The van der Waals surface area contributed by atoms with Crippen molar-refractivity contribution in [2.24, 2.45) is 0 Å². The fourth-order valence-corrected chi connectivity index (χ4v) is 3.93. The van der Waals surface area contributed by atoms with Crippen LogP contribution in [0.2, 0.25) is 0 Å². The first-order valence-corrected chi connectivity index (χ1v) is 12.4. The highest BCUT2D eigenvalue weighted by atomic mass is 16.6. The number of hydrogen-bond acceptors (Lipinski definition) is 8. The van der Waals surface area contributed by atoms with Crippen molar-refractivity contribution in [1.29, 1.82) is 0 Å². The molecule has 38 heavy (non-hydrogen) atoms. The summed E-state index contributed by atoms with van der Waals surface area (Å²) in [4.78, 5) is 57.1. The van der Waals surface area contributed by atoms with E-state index in [0.29, 0.717) is 11.4 Å². The maximum absolute atomic E-state index is 13.3. The molecular formula is C26H32N4O8. The van der Waals surface area contributed by atoms with Gasteiger partial charge in [0.1, 0.15) is 24.1 Å². The third kappa shape index (κ3) is 7.90. The van der Waals surface area contributed by atoms with Crippen LogP contribution < -0.4 is 10.1 Å². The van der Waals surface area contributed by atoms with E-state index in [2.05, 4.69) is 10.3 Å². The summed E-state index contributed by atoms with van der Waals surface area (Å²) in [5, 5.41) is 21.0. The zero-order valence-corrected chi connectivity index (χ0v) is 21.2. The average Bonchev–Trinajstić information content (AvgIpc) is 2.94. The van der Waals surface area contributed by atoms with Crippen molar-refractivity contribution in [3.05, 3.63) is 48.2 Å². The largest absolute Gasteiger partial charge is 0.491 e. The molecular weight excluding hydrogens is 496 g/mol. The monoisotopic (exact) mass is 528 g/mol. The number of rotatable bonds is 11. The normalized spacial score (nSPS) is 13.9. The minimum Gasteiger partial charge on any atom is -0.491 e. The molecule has 1 fully saturated rings. The van der Waals surface area contributed by atoms with Crippen LogP contribution in [-0.4, -0.2) is 101 Å². The number of hydrogen-bond donors (Lipinski definition) is 3. The van der Waals surface area contributed by atoms with E-state index >= 15 is 0 Å². The van der Waals surface area contributed by atoms with E-state index in [9.17, 15) is 24.3 Å². The summed E-state index contributed by atoms with van der Waals surface area (Å²) in [6.45, 7) is 2.70. The van der Waals surface area contributed by atoms with Gasteiger partial charge in [0, 0.05) is 50.3 Å². The van der Waals surface area contributed by atoms with Crippen molar-refractivity contribution in [1.82, 2.24) is 20.1 Å². The zero-order chi connectivity index (χ0) is 27.5. The highest BCUT2D eigenvalue weighted by Crippen LogP contribution is 2.23. The highest BCUT2D eigenvalue weighted by molar-refractivity contribution is 5.97. The Kier molecular flexibility index (Phi) is 10.4. The third-order valence-electron chi connectivity index (χ3n) is 5.83. The first-order valence-electron chi connectivity index (χ1n) is 12.4. The first kappa shape index (κ1) is 28.4. The molecule has 12 heteroatoms. The third-order valence-corrected chi connectivity index (χ3v) is 5.83. The Hall–Kier alpha value is -4.19. The van der Waals surface area contributed by atoms with Gasteiger partial charge in [0.25, 0.3) is 5.91 Å². The summed E-state index contributed by atoms with van der Waals surface area (Å²) in [6, 6.07) is 11.0. The molecule has 0 aliphatic carbocycles. The molecule has 1 aromatic carbocycles. The van der Waals surface area contributed by atoms with E-state index in [-0.39, 0.29) is 64.5 Å². The number of carboxylic acids is 1. The topological polar surface area (TPSA) is 159 Å². The molecule has 1 atom stereocenters. The summed E-state index contributed by atoms with van der Waals surface area (Å²) < 4.78 is 10.5. The van der Waals surface area contributed by atoms with E-state index in [1.807, 2.05) is 30.3 Å². The lowest BCUT2D eigenvalue weighted by molar-refractivity contribution is -0.138. The van der Waals surface area contributed by atoms with E-state index < -0.39 is 29.9 Å². The molecule has 1 aliphatic rings. The number of pyridine rings is 1. The van der Waals surface area contributed by atoms with Crippen LogP contribution in [0.4, 0.5) is 4.79 Å². The molecule has 0 spiro atoms. The number of carbonyl (C=O) groups is 4. The highest BCUT2D eigenvalue weighted by Gasteiger charge is 2.31. The summed E-state index contributed by atoms with van der Waals surface area (Å²) in [6.07, 6.45) is -0.912. The number of aliphatic carboxylic acids is 1. The van der Waals surface area contributed by atoms with Crippen LogP contribution in [-0.2, 0) is 14.3 Å². The molecule has 3 rings (SSSR count). The fourth-order valence-electron chi connectivity index (χ4n) is 3.93. The molecule has 2 heterocycles. The van der Waals surface area contributed by atoms with E-state index in [4.69, 9.17) is 14.6 Å². The number of carboxylic acid groups (broad SMARTS) is 1. The molecule has 3 amide bonds. The maximum atomic E-state index is 13.3. The van der Waals surface area contributed by atoms with Crippen molar-refractivity contribution in [2.75, 3.05) is 46.0 Å². The van der Waals surface area contributed by atoms with Gasteiger partial charge in [-0.2, -0.15) is 0 Å². The summed E-state index contributed by atoms with van der Waals surface area (Å²) in [5.74, 6) is -1.92. The molecule has 0 unspecified atom stereocenters. The Balaban J connectivity index is 1.78. The Morgan fingerprint density at radius 3 is 2.37 bits per heavy atom. The second kappa shape index (κ2) is 13.9. The van der Waals surface area contributed by atoms with Gasteiger partial charge in [-0.25, -0.2) is 9.78 Å². The van der Waals surface area contributed by atoms with Crippen molar-refractivity contribution in [3.8, 4) is 17.0 Å². The Morgan fingerprint density at radius 2 is 1.74 bits per heavy atom. The Labute approximate surface area is 220 Å². The van der Waals surface area contributed by atoms with E-state index in [0.717, 1.165) is 5.56 Å². The van der Waals surface area contributed by atoms with Crippen LogP contribution in [0.5, 0.6) is 5.75 Å². The zero-order valence-electron chi connectivity index (χ0n) is 21.2. The SMILES string of the molecule is CCOC(=O)N1CCN(C(=O)[C@H](CCC(=O)O)NC(=O)c2cc(OCCO)cc(-c3ccccc3)n2)CC1. The number of aliphatic hydroxyl groups excluding tert-OH is 1. The number of carbonyl (C=O) groups excluding carboxylic acids is 3. The van der Waals surface area contributed by atoms with Crippen molar-refractivity contribution >= 4 is 23.9 Å². The van der Waals surface area contributed by atoms with Gasteiger partial charge in [0.2, 0.25) is 5.91 Å². The average molecular weight is 529 g/mol. The standard InChI is InChI=1S/C26H32N4O8/c1-2-37-26(36)30-12-10-29(11-13-30)25(35)20(8-9-23(32)33)28-24(34)22-17-19(38-15-14-31)16-21(27-22)18-6-4-3-5-7-18/h3-7,16-17,20,31H,2,8-15H2,1H3,(H,28,34)(H,32,33)/t20-/m0/s1. The fraction of sp³-hybridized carbons (Fsp3) is 0.423. The van der Waals surface area contributed by atoms with Crippen LogP contribution in [0.25, 0.3) is 11.3 Å². The van der Waals surface area contributed by atoms with Crippen LogP contribution >= 0.6 is 0 Å². The number of benzene rings is 1. The molecule has 0 saturated carbocycles. The molecule has 12 nitrogen and oxygen atoms in total. The summed E-state index contributed by atoms with van der Waals surface area (Å²) in [5.41, 5.74) is 1.16. The van der Waals surface area contributed by atoms with Crippen molar-refractivity contribution in [3.63, 3.8) is 0 Å². The molecule has 1 aliphatic heterocycles. The number of aliphatic hydroxyl groups is 1. The maximum Gasteiger partial charge on any atom is 0.409 e. The summed E-state index contributed by atoms with van der Waals surface area (Å²) >= 11 is 0. The first-order chi connectivity index (χ1) is 18.3. The van der Waals surface area contributed by atoms with Gasteiger partial charge < -0.3 is 34.8 Å². The van der Waals surface area contributed by atoms with Crippen LogP contribution in [0.3, 0.4) is 0 Å². The number of ether oxygens (including phenoxy) is 2. The number of amides is 3. The summed E-state index contributed by atoms with van der Waals surface area (Å²) in [7, 11) is 0. The van der Waals surface area contributed by atoms with E-state index in [1.54, 1.807) is 13.0 Å². The Morgan fingerprint density at radius 1 is 1.05 bits per heavy atom. The molecule has 0 bridgehead atoms. The quantitative estimate of drug-likeness (QED) is 0.392. The van der Waals surface area contributed by atoms with Gasteiger partial charge in [-0.05, 0) is 13.3 Å². The molecule has 2 aromatic rings. The smallest absolute Gasteiger partial charge is 0.409 e.